The van der Waals surface area contributed by atoms with Crippen LogP contribution in [0.25, 0.3) is 0 Å². The molecule has 26 heavy (non-hydrogen) atoms. The molecule has 0 aromatic heterocycles. The molecule has 1 unspecified atom stereocenters. The molecule has 140 valence electrons. The van der Waals surface area contributed by atoms with Crippen LogP contribution in [0.1, 0.15) is 38.8 Å². The minimum absolute atomic E-state index is 0.0533. The lowest BCUT2D eigenvalue weighted by molar-refractivity contribution is -0.120. The van der Waals surface area contributed by atoms with Gasteiger partial charge >= 0.3 is 0 Å². The number of ether oxygens (including phenoxy) is 1. The van der Waals surface area contributed by atoms with E-state index in [0.29, 0.717) is 13.2 Å². The van der Waals surface area contributed by atoms with Crippen LogP contribution in [-0.2, 0) is 16.0 Å². The van der Waals surface area contributed by atoms with Gasteiger partial charge in [-0.05, 0) is 35.6 Å². The van der Waals surface area contributed by atoms with Crippen LogP contribution in [0.15, 0.2) is 54.6 Å². The first-order chi connectivity index (χ1) is 12.4. The Morgan fingerprint density at radius 3 is 2.35 bits per heavy atom. The Morgan fingerprint density at radius 2 is 1.73 bits per heavy atom. The summed E-state index contributed by atoms with van der Waals surface area (Å²) in [6, 6.07) is 18.4. The maximum absolute atomic E-state index is 12.1. The van der Waals surface area contributed by atoms with E-state index >= 15 is 0 Å². The Balaban J connectivity index is 1.66. The topological polar surface area (TPSA) is 38.3 Å². The maximum atomic E-state index is 12.1. The zero-order chi connectivity index (χ0) is 19.0. The number of amides is 1. The van der Waals surface area contributed by atoms with Crippen LogP contribution in [0.2, 0.25) is 0 Å². The van der Waals surface area contributed by atoms with Crippen molar-refractivity contribution in [1.29, 1.82) is 0 Å². The molecule has 2 rings (SSSR count). The van der Waals surface area contributed by atoms with Crippen LogP contribution in [0.3, 0.4) is 0 Å². The summed E-state index contributed by atoms with van der Waals surface area (Å²) >= 11 is 1.64. The van der Waals surface area contributed by atoms with Crippen molar-refractivity contribution in [3.8, 4) is 5.75 Å². The second-order valence-electron chi connectivity index (χ2n) is 7.35. The number of rotatable bonds is 8. The minimum atomic E-state index is -0.0822. The summed E-state index contributed by atoms with van der Waals surface area (Å²) in [7, 11) is 0. The number of carbonyl (C=O) groups is 1. The fourth-order valence-electron chi connectivity index (χ4n) is 2.41. The van der Waals surface area contributed by atoms with Gasteiger partial charge in [-0.15, -0.1) is 11.8 Å². The number of hydrogen-bond acceptors (Lipinski definition) is 3. The largest absolute Gasteiger partial charge is 0.492 e. The molecule has 1 atom stereocenters. The van der Waals surface area contributed by atoms with Gasteiger partial charge in [0, 0.05) is 5.75 Å². The summed E-state index contributed by atoms with van der Waals surface area (Å²) in [6.07, 6.45) is 0. The van der Waals surface area contributed by atoms with Crippen molar-refractivity contribution in [3.05, 3.63) is 65.7 Å². The van der Waals surface area contributed by atoms with Crippen molar-refractivity contribution < 1.29 is 9.53 Å². The summed E-state index contributed by atoms with van der Waals surface area (Å²) in [5, 5.41) is 2.86. The van der Waals surface area contributed by atoms with Gasteiger partial charge in [-0.3, -0.25) is 4.79 Å². The van der Waals surface area contributed by atoms with E-state index in [1.165, 1.54) is 11.1 Å². The average molecular weight is 372 g/mol. The van der Waals surface area contributed by atoms with E-state index in [2.05, 4.69) is 50.4 Å². The summed E-state index contributed by atoms with van der Waals surface area (Å²) in [5.41, 5.74) is 2.65. The van der Waals surface area contributed by atoms with Gasteiger partial charge in [0.15, 0.2) is 0 Å². The van der Waals surface area contributed by atoms with Crippen LogP contribution < -0.4 is 10.1 Å². The van der Waals surface area contributed by atoms with Crippen molar-refractivity contribution in [3.63, 3.8) is 0 Å². The molecule has 0 aliphatic rings. The highest BCUT2D eigenvalue weighted by atomic mass is 32.2. The summed E-state index contributed by atoms with van der Waals surface area (Å²) < 4.78 is 5.71. The molecule has 3 nitrogen and oxygen atoms in total. The van der Waals surface area contributed by atoms with Gasteiger partial charge < -0.3 is 10.1 Å². The molecule has 0 fully saturated rings. The summed E-state index contributed by atoms with van der Waals surface area (Å²) in [5.74, 6) is 1.72. The Bertz CT molecular complexity index is 678. The van der Waals surface area contributed by atoms with Crippen molar-refractivity contribution in [1.82, 2.24) is 5.32 Å². The first-order valence-corrected chi connectivity index (χ1v) is 10.1. The van der Waals surface area contributed by atoms with Gasteiger partial charge in [-0.2, -0.15) is 0 Å². The minimum Gasteiger partial charge on any atom is -0.492 e. The molecule has 2 aromatic rings. The summed E-state index contributed by atoms with van der Waals surface area (Å²) in [4.78, 5) is 12.1. The molecule has 0 bridgehead atoms. The zero-order valence-corrected chi connectivity index (χ0v) is 16.9. The van der Waals surface area contributed by atoms with E-state index in [1.807, 2.05) is 37.3 Å². The summed E-state index contributed by atoms with van der Waals surface area (Å²) in [6.45, 7) is 9.49. The van der Waals surface area contributed by atoms with Crippen LogP contribution in [0.4, 0.5) is 0 Å². The van der Waals surface area contributed by atoms with Crippen molar-refractivity contribution in [2.75, 3.05) is 13.2 Å². The predicted octanol–water partition coefficient (Wildman–Crippen LogP) is 4.80. The van der Waals surface area contributed by atoms with Crippen molar-refractivity contribution in [2.45, 2.75) is 44.1 Å². The monoisotopic (exact) mass is 371 g/mol. The van der Waals surface area contributed by atoms with E-state index in [-0.39, 0.29) is 16.6 Å². The van der Waals surface area contributed by atoms with Gasteiger partial charge in [0.1, 0.15) is 12.4 Å². The molecule has 0 aliphatic heterocycles. The average Bonchev–Trinajstić information content (AvgIpc) is 2.63. The standard InChI is InChI=1S/C22H29NO2S/c1-17(26-16-18-8-6-5-7-9-18)21(24)23-14-15-25-20-12-10-19(11-13-20)22(2,3)4/h5-13,17H,14-16H2,1-4H3,(H,23,24). The first-order valence-electron chi connectivity index (χ1n) is 9.03. The number of nitrogens with one attached hydrogen (secondary N) is 1. The number of benzene rings is 2. The van der Waals surface area contributed by atoms with Crippen LogP contribution in [0.5, 0.6) is 5.75 Å². The zero-order valence-electron chi connectivity index (χ0n) is 16.1. The lowest BCUT2D eigenvalue weighted by atomic mass is 9.87. The van der Waals surface area contributed by atoms with Gasteiger partial charge in [-0.25, -0.2) is 0 Å². The van der Waals surface area contributed by atoms with E-state index in [9.17, 15) is 4.79 Å². The molecular weight excluding hydrogens is 342 g/mol. The molecule has 2 aromatic carbocycles. The van der Waals surface area contributed by atoms with E-state index in [4.69, 9.17) is 4.74 Å². The molecule has 4 heteroatoms. The van der Waals surface area contributed by atoms with E-state index in [0.717, 1.165) is 11.5 Å². The molecule has 0 radical (unpaired) electrons. The Morgan fingerprint density at radius 1 is 1.08 bits per heavy atom. The normalized spacial score (nSPS) is 12.5. The molecule has 0 saturated heterocycles. The van der Waals surface area contributed by atoms with Gasteiger partial charge in [-0.1, -0.05) is 63.2 Å². The third kappa shape index (κ3) is 6.75. The highest BCUT2D eigenvalue weighted by molar-refractivity contribution is 7.99. The van der Waals surface area contributed by atoms with Gasteiger partial charge in [0.05, 0.1) is 11.8 Å². The highest BCUT2D eigenvalue weighted by Gasteiger charge is 2.14. The molecule has 0 saturated carbocycles. The van der Waals surface area contributed by atoms with E-state index in [1.54, 1.807) is 11.8 Å². The van der Waals surface area contributed by atoms with Crippen molar-refractivity contribution in [2.24, 2.45) is 0 Å². The maximum Gasteiger partial charge on any atom is 0.232 e. The molecule has 1 amide bonds. The SMILES string of the molecule is CC(SCc1ccccc1)C(=O)NCCOc1ccc(C(C)(C)C)cc1. The molecule has 1 N–H and O–H groups in total. The Hall–Kier alpha value is -1.94. The van der Waals surface area contributed by atoms with Crippen LogP contribution >= 0.6 is 11.8 Å². The second-order valence-corrected chi connectivity index (χ2v) is 8.68. The number of carbonyl (C=O) groups excluding carboxylic acids is 1. The molecular formula is C22H29NO2S. The van der Waals surface area contributed by atoms with Gasteiger partial charge in [0.2, 0.25) is 5.91 Å². The van der Waals surface area contributed by atoms with Crippen LogP contribution in [-0.4, -0.2) is 24.3 Å². The van der Waals surface area contributed by atoms with Gasteiger partial charge in [0.25, 0.3) is 0 Å². The fraction of sp³-hybridized carbons (Fsp3) is 0.409. The van der Waals surface area contributed by atoms with Crippen LogP contribution in [0, 0.1) is 0 Å². The van der Waals surface area contributed by atoms with Crippen molar-refractivity contribution >= 4 is 17.7 Å². The molecule has 0 heterocycles. The second kappa shape index (κ2) is 9.67. The first kappa shape index (κ1) is 20.4. The lowest BCUT2D eigenvalue weighted by Crippen LogP contribution is -2.34. The Labute approximate surface area is 161 Å². The quantitative estimate of drug-likeness (QED) is 0.677. The number of hydrogen-bond donors (Lipinski definition) is 1. The third-order valence-electron chi connectivity index (χ3n) is 4.10. The van der Waals surface area contributed by atoms with E-state index < -0.39 is 0 Å². The lowest BCUT2D eigenvalue weighted by Gasteiger charge is -2.19. The smallest absolute Gasteiger partial charge is 0.232 e. The third-order valence-corrected chi connectivity index (χ3v) is 5.32. The molecule has 0 spiro atoms. The number of thioether (sulfide) groups is 1. The predicted molar refractivity (Wildman–Crippen MR) is 111 cm³/mol. The Kier molecular flexibility index (Phi) is 7.58. The fourth-order valence-corrected chi connectivity index (χ4v) is 3.28. The highest BCUT2D eigenvalue weighted by Crippen LogP contribution is 2.24. The molecule has 0 aliphatic carbocycles.